The van der Waals surface area contributed by atoms with Gasteiger partial charge in [-0.3, -0.25) is 4.79 Å². The maximum atomic E-state index is 12.5. The monoisotopic (exact) mass is 341 g/mol. The van der Waals surface area contributed by atoms with Crippen LogP contribution in [0.2, 0.25) is 0 Å². The summed E-state index contributed by atoms with van der Waals surface area (Å²) >= 11 is 1.67. The number of hydrogen-bond donors (Lipinski definition) is 1. The van der Waals surface area contributed by atoms with E-state index in [4.69, 9.17) is 0 Å². The largest absolute Gasteiger partial charge is 0.349 e. The summed E-state index contributed by atoms with van der Waals surface area (Å²) in [7, 11) is 0. The zero-order valence-electron chi connectivity index (χ0n) is 15.2. The Balaban J connectivity index is 1.94. The maximum Gasteiger partial charge on any atom is 0.233 e. The third-order valence-corrected chi connectivity index (χ3v) is 5.63. The molecule has 0 saturated heterocycles. The smallest absolute Gasteiger partial charge is 0.233 e. The van der Waals surface area contributed by atoms with Gasteiger partial charge in [0.1, 0.15) is 0 Å². The summed E-state index contributed by atoms with van der Waals surface area (Å²) in [6, 6.07) is 14.7. The van der Waals surface area contributed by atoms with Crippen LogP contribution in [0, 0.1) is 20.8 Å². The molecule has 2 nitrogen and oxygen atoms in total. The van der Waals surface area contributed by atoms with Crippen LogP contribution in [0.3, 0.4) is 0 Å². The van der Waals surface area contributed by atoms with Gasteiger partial charge in [-0.25, -0.2) is 0 Å². The average Bonchev–Trinajstić information content (AvgIpc) is 2.56. The van der Waals surface area contributed by atoms with E-state index in [1.165, 1.54) is 27.8 Å². The Bertz CT molecular complexity index is 696. The first-order valence-electron chi connectivity index (χ1n) is 8.42. The van der Waals surface area contributed by atoms with Gasteiger partial charge in [-0.1, -0.05) is 42.5 Å². The van der Waals surface area contributed by atoms with Crippen molar-refractivity contribution < 1.29 is 4.79 Å². The molecule has 1 N–H and O–H groups in total. The number of carbonyl (C=O) groups excluding carboxylic acids is 1. The normalized spacial score (nSPS) is 13.4. The molecule has 2 aromatic rings. The van der Waals surface area contributed by atoms with Crippen molar-refractivity contribution >= 4 is 17.7 Å². The van der Waals surface area contributed by atoms with Crippen molar-refractivity contribution in [1.82, 2.24) is 5.32 Å². The van der Waals surface area contributed by atoms with E-state index in [1.54, 1.807) is 11.8 Å². The zero-order chi connectivity index (χ0) is 17.7. The molecular weight excluding hydrogens is 314 g/mol. The Morgan fingerprint density at radius 1 is 1.00 bits per heavy atom. The van der Waals surface area contributed by atoms with Gasteiger partial charge < -0.3 is 5.32 Å². The van der Waals surface area contributed by atoms with Crippen molar-refractivity contribution in [1.29, 1.82) is 0 Å². The molecule has 1 amide bonds. The van der Waals surface area contributed by atoms with Crippen LogP contribution < -0.4 is 5.32 Å². The molecule has 0 radical (unpaired) electrons. The average molecular weight is 342 g/mol. The molecule has 0 bridgehead atoms. The molecule has 0 saturated carbocycles. The molecule has 2 rings (SSSR count). The van der Waals surface area contributed by atoms with Gasteiger partial charge in [-0.2, -0.15) is 0 Å². The summed E-state index contributed by atoms with van der Waals surface area (Å²) in [6.45, 7) is 10.4. The summed E-state index contributed by atoms with van der Waals surface area (Å²) < 4.78 is 0. The van der Waals surface area contributed by atoms with Crippen LogP contribution in [0.1, 0.15) is 47.7 Å². The van der Waals surface area contributed by atoms with Crippen molar-refractivity contribution in [2.24, 2.45) is 0 Å². The fourth-order valence-electron chi connectivity index (χ4n) is 2.73. The summed E-state index contributed by atoms with van der Waals surface area (Å²) in [6.07, 6.45) is 0. The van der Waals surface area contributed by atoms with E-state index >= 15 is 0 Å². The highest BCUT2D eigenvalue weighted by Crippen LogP contribution is 2.23. The van der Waals surface area contributed by atoms with Gasteiger partial charge in [0.05, 0.1) is 11.3 Å². The Morgan fingerprint density at radius 3 is 2.29 bits per heavy atom. The van der Waals surface area contributed by atoms with Crippen molar-refractivity contribution in [3.05, 3.63) is 70.3 Å². The third-order valence-electron chi connectivity index (χ3n) is 4.42. The lowest BCUT2D eigenvalue weighted by Gasteiger charge is -2.20. The Morgan fingerprint density at radius 2 is 1.62 bits per heavy atom. The first kappa shape index (κ1) is 18.6. The van der Waals surface area contributed by atoms with Gasteiger partial charge in [0, 0.05) is 5.75 Å². The first-order valence-corrected chi connectivity index (χ1v) is 9.47. The standard InChI is InChI=1S/C21H27NOS/c1-14-11-16(3)20(12-15(14)2)17(4)22-21(23)18(5)24-13-19-9-7-6-8-10-19/h6-12,17-18H,13H2,1-5H3,(H,22,23). The fourth-order valence-corrected chi connectivity index (χ4v) is 3.58. The molecule has 2 unspecified atom stereocenters. The summed E-state index contributed by atoms with van der Waals surface area (Å²) in [5, 5.41) is 3.09. The fraction of sp³-hybridized carbons (Fsp3) is 0.381. The number of carbonyl (C=O) groups is 1. The molecule has 24 heavy (non-hydrogen) atoms. The Hall–Kier alpha value is -1.74. The van der Waals surface area contributed by atoms with Crippen LogP contribution in [0.4, 0.5) is 0 Å². The van der Waals surface area contributed by atoms with Crippen LogP contribution in [0.15, 0.2) is 42.5 Å². The van der Waals surface area contributed by atoms with E-state index in [9.17, 15) is 4.79 Å². The highest BCUT2D eigenvalue weighted by atomic mass is 32.2. The molecule has 0 spiro atoms. The molecule has 2 atom stereocenters. The van der Waals surface area contributed by atoms with Gasteiger partial charge in [0.25, 0.3) is 0 Å². The second-order valence-corrected chi connectivity index (χ2v) is 7.79. The maximum absolute atomic E-state index is 12.5. The van der Waals surface area contributed by atoms with Crippen LogP contribution >= 0.6 is 11.8 Å². The lowest BCUT2D eigenvalue weighted by molar-refractivity contribution is -0.120. The minimum Gasteiger partial charge on any atom is -0.349 e. The van der Waals surface area contributed by atoms with E-state index in [2.05, 4.69) is 57.3 Å². The number of thioether (sulfide) groups is 1. The number of hydrogen-bond acceptors (Lipinski definition) is 2. The molecule has 0 aliphatic carbocycles. The quantitative estimate of drug-likeness (QED) is 0.791. The van der Waals surface area contributed by atoms with Crippen LogP contribution in [-0.4, -0.2) is 11.2 Å². The second kappa shape index (κ2) is 8.39. The predicted molar refractivity (Wildman–Crippen MR) is 104 cm³/mol. The van der Waals surface area contributed by atoms with Crippen molar-refractivity contribution in [3.63, 3.8) is 0 Å². The van der Waals surface area contributed by atoms with Crippen molar-refractivity contribution in [2.45, 2.75) is 51.7 Å². The third kappa shape index (κ3) is 4.88. The van der Waals surface area contributed by atoms with Gasteiger partial charge in [-0.15, -0.1) is 11.8 Å². The minimum atomic E-state index is -0.0699. The summed E-state index contributed by atoms with van der Waals surface area (Å²) in [5.41, 5.74) is 6.24. The van der Waals surface area contributed by atoms with Crippen LogP contribution in [0.5, 0.6) is 0 Å². The minimum absolute atomic E-state index is 0.0246. The molecule has 128 valence electrons. The van der Waals surface area contributed by atoms with E-state index in [0.29, 0.717) is 0 Å². The number of amides is 1. The zero-order valence-corrected chi connectivity index (χ0v) is 16.0. The SMILES string of the molecule is Cc1cc(C)c(C(C)NC(=O)C(C)SCc2ccccc2)cc1C. The molecule has 0 heterocycles. The topological polar surface area (TPSA) is 29.1 Å². The molecule has 3 heteroatoms. The Kier molecular flexibility index (Phi) is 6.50. The van der Waals surface area contributed by atoms with Crippen molar-refractivity contribution in [2.75, 3.05) is 0 Å². The molecule has 0 aliphatic heterocycles. The molecular formula is C21H27NOS. The molecule has 0 aromatic heterocycles. The summed E-state index contributed by atoms with van der Waals surface area (Å²) in [4.78, 5) is 12.5. The number of rotatable bonds is 6. The van der Waals surface area contributed by atoms with E-state index < -0.39 is 0 Å². The second-order valence-electron chi connectivity index (χ2n) is 6.46. The Labute approximate surface area is 150 Å². The molecule has 0 fully saturated rings. The first-order chi connectivity index (χ1) is 11.4. The van der Waals surface area contributed by atoms with Crippen molar-refractivity contribution in [3.8, 4) is 0 Å². The van der Waals surface area contributed by atoms with Gasteiger partial charge in [0.15, 0.2) is 0 Å². The molecule has 0 aliphatic rings. The van der Waals surface area contributed by atoms with E-state index in [-0.39, 0.29) is 17.2 Å². The van der Waals surface area contributed by atoms with E-state index in [1.807, 2.05) is 25.1 Å². The summed E-state index contributed by atoms with van der Waals surface area (Å²) in [5.74, 6) is 0.952. The van der Waals surface area contributed by atoms with Gasteiger partial charge in [0.2, 0.25) is 5.91 Å². The van der Waals surface area contributed by atoms with Crippen LogP contribution in [0.25, 0.3) is 0 Å². The van der Waals surface area contributed by atoms with Gasteiger partial charge >= 0.3 is 0 Å². The lowest BCUT2D eigenvalue weighted by Crippen LogP contribution is -2.33. The van der Waals surface area contributed by atoms with Gasteiger partial charge in [-0.05, 0) is 62.4 Å². The van der Waals surface area contributed by atoms with Crippen LogP contribution in [-0.2, 0) is 10.5 Å². The molecule has 2 aromatic carbocycles. The number of nitrogens with one attached hydrogen (secondary N) is 1. The highest BCUT2D eigenvalue weighted by Gasteiger charge is 2.18. The number of benzene rings is 2. The lowest BCUT2D eigenvalue weighted by atomic mass is 9.96. The van der Waals surface area contributed by atoms with E-state index in [0.717, 1.165) is 5.75 Å². The highest BCUT2D eigenvalue weighted by molar-refractivity contribution is 7.99. The number of aryl methyl sites for hydroxylation is 3. The predicted octanol–water partition coefficient (Wildman–Crippen LogP) is 5.11.